The number of halogens is 1. The van der Waals surface area contributed by atoms with Crippen molar-refractivity contribution in [1.82, 2.24) is 4.98 Å². The number of hydrogen-bond donors (Lipinski definition) is 2. The van der Waals surface area contributed by atoms with Crippen LogP contribution in [0.3, 0.4) is 0 Å². The third kappa shape index (κ3) is 2.44. The molecule has 82 valence electrons. The Morgan fingerprint density at radius 1 is 1.25 bits per heavy atom. The number of hydrogen-bond acceptors (Lipinski definition) is 3. The van der Waals surface area contributed by atoms with E-state index in [2.05, 4.69) is 10.3 Å². The monoisotopic (exact) mass is 233 g/mol. The number of nitrogen functional groups attached to an aromatic ring is 1. The molecule has 0 spiro atoms. The summed E-state index contributed by atoms with van der Waals surface area (Å²) in [6, 6.07) is 11.2. The van der Waals surface area contributed by atoms with Gasteiger partial charge in [0, 0.05) is 0 Å². The molecule has 3 nitrogen and oxygen atoms in total. The molecule has 0 aliphatic carbocycles. The van der Waals surface area contributed by atoms with Crippen LogP contribution in [0.2, 0.25) is 5.02 Å². The number of aromatic nitrogens is 1. The second-order valence-corrected chi connectivity index (χ2v) is 3.96. The smallest absolute Gasteiger partial charge is 0.132 e. The van der Waals surface area contributed by atoms with Gasteiger partial charge in [-0.1, -0.05) is 23.7 Å². The Bertz CT molecular complexity index is 511. The standard InChI is InChI=1S/C12H12ClN3/c1-8-5-6-9(13)10(7-8)15-12-4-2-3-11(14)16-12/h2-7H,1H3,(H3,14,15,16). The largest absolute Gasteiger partial charge is 0.384 e. The molecule has 0 saturated heterocycles. The number of nitrogens with zero attached hydrogens (tertiary/aromatic N) is 1. The highest BCUT2D eigenvalue weighted by Crippen LogP contribution is 2.25. The molecule has 0 bridgehead atoms. The molecule has 3 N–H and O–H groups in total. The lowest BCUT2D eigenvalue weighted by molar-refractivity contribution is 1.31. The van der Waals surface area contributed by atoms with Gasteiger partial charge in [0.25, 0.3) is 0 Å². The minimum atomic E-state index is 0.480. The molecular formula is C12H12ClN3. The molecule has 0 fully saturated rings. The third-order valence-corrected chi connectivity index (χ3v) is 2.48. The van der Waals surface area contributed by atoms with E-state index in [4.69, 9.17) is 17.3 Å². The Morgan fingerprint density at radius 3 is 2.81 bits per heavy atom. The third-order valence-electron chi connectivity index (χ3n) is 2.16. The quantitative estimate of drug-likeness (QED) is 0.836. The second-order valence-electron chi connectivity index (χ2n) is 3.56. The predicted molar refractivity (Wildman–Crippen MR) is 68.1 cm³/mol. The minimum Gasteiger partial charge on any atom is -0.384 e. The topological polar surface area (TPSA) is 50.9 Å². The first-order chi connectivity index (χ1) is 7.65. The zero-order chi connectivity index (χ0) is 11.5. The van der Waals surface area contributed by atoms with Crippen LogP contribution in [0.15, 0.2) is 36.4 Å². The van der Waals surface area contributed by atoms with E-state index in [-0.39, 0.29) is 0 Å². The van der Waals surface area contributed by atoms with E-state index in [9.17, 15) is 0 Å². The van der Waals surface area contributed by atoms with Crippen LogP contribution in [0.5, 0.6) is 0 Å². The van der Waals surface area contributed by atoms with E-state index in [0.717, 1.165) is 11.3 Å². The number of anilines is 3. The molecule has 2 aromatic rings. The molecule has 0 atom stereocenters. The van der Waals surface area contributed by atoms with Crippen LogP contribution in [-0.2, 0) is 0 Å². The van der Waals surface area contributed by atoms with E-state index in [0.29, 0.717) is 16.7 Å². The minimum absolute atomic E-state index is 0.480. The van der Waals surface area contributed by atoms with Crippen LogP contribution < -0.4 is 11.1 Å². The van der Waals surface area contributed by atoms with Crippen molar-refractivity contribution in [2.45, 2.75) is 6.92 Å². The summed E-state index contributed by atoms with van der Waals surface area (Å²) in [5.74, 6) is 1.17. The number of aryl methyl sites for hydroxylation is 1. The normalized spacial score (nSPS) is 10.1. The van der Waals surface area contributed by atoms with Gasteiger partial charge in [0.1, 0.15) is 11.6 Å². The van der Waals surface area contributed by atoms with Crippen LogP contribution >= 0.6 is 11.6 Å². The molecule has 0 aliphatic heterocycles. The molecule has 1 aromatic heterocycles. The van der Waals surface area contributed by atoms with Crippen molar-refractivity contribution in [2.75, 3.05) is 11.1 Å². The van der Waals surface area contributed by atoms with E-state index in [1.165, 1.54) is 0 Å². The number of pyridine rings is 1. The first-order valence-corrected chi connectivity index (χ1v) is 5.28. The van der Waals surface area contributed by atoms with Gasteiger partial charge in [0.15, 0.2) is 0 Å². The molecule has 0 radical (unpaired) electrons. The van der Waals surface area contributed by atoms with Crippen LogP contribution in [-0.4, -0.2) is 4.98 Å². The van der Waals surface area contributed by atoms with Crippen molar-refractivity contribution >= 4 is 28.9 Å². The number of rotatable bonds is 2. The lowest BCUT2D eigenvalue weighted by atomic mass is 10.2. The van der Waals surface area contributed by atoms with Gasteiger partial charge in [-0.05, 0) is 36.8 Å². The summed E-state index contributed by atoms with van der Waals surface area (Å²) in [6.45, 7) is 2.01. The molecule has 2 rings (SSSR count). The van der Waals surface area contributed by atoms with Gasteiger partial charge in [-0.2, -0.15) is 0 Å². The summed E-state index contributed by atoms with van der Waals surface area (Å²) in [5.41, 5.74) is 7.56. The first-order valence-electron chi connectivity index (χ1n) is 4.91. The van der Waals surface area contributed by atoms with E-state index in [1.54, 1.807) is 6.07 Å². The maximum Gasteiger partial charge on any atom is 0.132 e. The lowest BCUT2D eigenvalue weighted by Gasteiger charge is -2.08. The van der Waals surface area contributed by atoms with E-state index in [1.807, 2.05) is 37.3 Å². The molecule has 1 aromatic carbocycles. The summed E-state index contributed by atoms with van der Waals surface area (Å²) in [5, 5.41) is 3.79. The maximum atomic E-state index is 6.06. The van der Waals surface area contributed by atoms with Gasteiger partial charge in [0.05, 0.1) is 10.7 Å². The SMILES string of the molecule is Cc1ccc(Cl)c(Nc2cccc(N)n2)c1. The molecular weight excluding hydrogens is 222 g/mol. The number of nitrogens with one attached hydrogen (secondary N) is 1. The second kappa shape index (κ2) is 4.41. The Balaban J connectivity index is 2.30. The summed E-state index contributed by atoms with van der Waals surface area (Å²) in [4.78, 5) is 4.15. The molecule has 0 aliphatic rings. The average molecular weight is 234 g/mol. The first kappa shape index (κ1) is 10.8. The Morgan fingerprint density at radius 2 is 2.06 bits per heavy atom. The Kier molecular flexibility index (Phi) is 2.97. The van der Waals surface area contributed by atoms with Crippen LogP contribution in [0.4, 0.5) is 17.3 Å². The Hall–Kier alpha value is -1.74. The average Bonchev–Trinajstić information content (AvgIpc) is 2.24. The fourth-order valence-electron chi connectivity index (χ4n) is 1.39. The van der Waals surface area contributed by atoms with Gasteiger partial charge in [-0.3, -0.25) is 0 Å². The van der Waals surface area contributed by atoms with Gasteiger partial charge in [-0.15, -0.1) is 0 Å². The highest BCUT2D eigenvalue weighted by molar-refractivity contribution is 6.33. The Labute approximate surface area is 99.3 Å². The zero-order valence-corrected chi connectivity index (χ0v) is 9.62. The van der Waals surface area contributed by atoms with Crippen LogP contribution in [0, 0.1) is 6.92 Å². The summed E-state index contributed by atoms with van der Waals surface area (Å²) < 4.78 is 0. The van der Waals surface area contributed by atoms with Gasteiger partial charge in [-0.25, -0.2) is 4.98 Å². The van der Waals surface area contributed by atoms with Crippen LogP contribution in [0.25, 0.3) is 0 Å². The van der Waals surface area contributed by atoms with E-state index >= 15 is 0 Å². The molecule has 4 heteroatoms. The van der Waals surface area contributed by atoms with Gasteiger partial charge >= 0.3 is 0 Å². The number of benzene rings is 1. The van der Waals surface area contributed by atoms with E-state index < -0.39 is 0 Å². The molecule has 0 unspecified atom stereocenters. The van der Waals surface area contributed by atoms with Crippen molar-refractivity contribution in [3.05, 3.63) is 47.0 Å². The van der Waals surface area contributed by atoms with Crippen molar-refractivity contribution in [1.29, 1.82) is 0 Å². The molecule has 0 amide bonds. The van der Waals surface area contributed by atoms with Crippen molar-refractivity contribution in [2.24, 2.45) is 0 Å². The fourth-order valence-corrected chi connectivity index (χ4v) is 1.56. The molecule has 16 heavy (non-hydrogen) atoms. The summed E-state index contributed by atoms with van der Waals surface area (Å²) in [6.07, 6.45) is 0. The highest BCUT2D eigenvalue weighted by Gasteiger charge is 2.01. The van der Waals surface area contributed by atoms with Crippen molar-refractivity contribution in [3.8, 4) is 0 Å². The summed E-state index contributed by atoms with van der Waals surface area (Å²) >= 11 is 6.06. The van der Waals surface area contributed by atoms with Crippen LogP contribution in [0.1, 0.15) is 5.56 Å². The van der Waals surface area contributed by atoms with Gasteiger partial charge < -0.3 is 11.1 Å². The highest BCUT2D eigenvalue weighted by atomic mass is 35.5. The fraction of sp³-hybridized carbons (Fsp3) is 0.0833. The predicted octanol–water partition coefficient (Wildman–Crippen LogP) is 3.37. The molecule has 0 saturated carbocycles. The number of nitrogens with two attached hydrogens (primary N) is 1. The van der Waals surface area contributed by atoms with Crippen molar-refractivity contribution in [3.63, 3.8) is 0 Å². The summed E-state index contributed by atoms with van der Waals surface area (Å²) in [7, 11) is 0. The van der Waals surface area contributed by atoms with Crippen molar-refractivity contribution < 1.29 is 0 Å². The van der Waals surface area contributed by atoms with Gasteiger partial charge in [0.2, 0.25) is 0 Å². The molecule has 1 heterocycles. The maximum absolute atomic E-state index is 6.06. The lowest BCUT2D eigenvalue weighted by Crippen LogP contribution is -1.97. The zero-order valence-electron chi connectivity index (χ0n) is 8.87.